The number of allylic oxidation sites excluding steroid dienone is 4. The molecule has 0 spiro atoms. The Balaban J connectivity index is 1.47. The van der Waals surface area contributed by atoms with Crippen LogP contribution in [0.3, 0.4) is 0 Å². The minimum absolute atomic E-state index is 0.155. The number of esters is 1. The number of aromatic nitrogens is 3. The highest BCUT2D eigenvalue weighted by atomic mass is 16.5. The molecule has 1 aliphatic rings. The molecule has 3 heterocycles. The van der Waals surface area contributed by atoms with Gasteiger partial charge in [0, 0.05) is 37.2 Å². The number of carbonyl (C=O) groups is 1. The van der Waals surface area contributed by atoms with Gasteiger partial charge in [-0.05, 0) is 95.1 Å². The van der Waals surface area contributed by atoms with Gasteiger partial charge in [0.2, 0.25) is 5.95 Å². The Morgan fingerprint density at radius 3 is 2.77 bits per heavy atom. The Hall–Kier alpha value is -3.56. The maximum Gasteiger partial charge on any atom is 0.319 e. The monoisotopic (exact) mass is 533 g/mol. The number of rotatable bonds is 15. The maximum atomic E-state index is 11.4. The number of hydrogen-bond donors (Lipinski definition) is 2. The van der Waals surface area contributed by atoms with Gasteiger partial charge >= 0.3 is 5.97 Å². The molecule has 0 radical (unpaired) electrons. The highest BCUT2D eigenvalue weighted by Crippen LogP contribution is 2.22. The van der Waals surface area contributed by atoms with E-state index in [9.17, 15) is 4.79 Å². The second-order valence-corrected chi connectivity index (χ2v) is 9.80. The molecular weight excluding hydrogens is 490 g/mol. The van der Waals surface area contributed by atoms with E-state index in [0.29, 0.717) is 18.4 Å². The van der Waals surface area contributed by atoms with Gasteiger partial charge in [-0.3, -0.25) is 9.69 Å². The second-order valence-electron chi connectivity index (χ2n) is 9.80. The van der Waals surface area contributed by atoms with Gasteiger partial charge in [0.15, 0.2) is 0 Å². The van der Waals surface area contributed by atoms with Crippen LogP contribution in [-0.4, -0.2) is 79.8 Å². The molecular formula is C30H43N7O2. The number of ether oxygens (including phenoxy) is 1. The van der Waals surface area contributed by atoms with Crippen LogP contribution in [0.2, 0.25) is 0 Å². The summed E-state index contributed by atoms with van der Waals surface area (Å²) in [6.45, 7) is 8.16. The molecule has 0 saturated carbocycles. The lowest BCUT2D eigenvalue weighted by Crippen LogP contribution is -2.37. The van der Waals surface area contributed by atoms with Crippen molar-refractivity contribution < 1.29 is 9.53 Å². The summed E-state index contributed by atoms with van der Waals surface area (Å²) in [5, 5.41) is 6.42. The number of nitrogens with zero attached hydrogens (tertiary/aromatic N) is 5. The van der Waals surface area contributed by atoms with Crippen LogP contribution in [0.5, 0.6) is 0 Å². The van der Waals surface area contributed by atoms with Crippen molar-refractivity contribution in [1.82, 2.24) is 25.2 Å². The normalized spacial score (nSPS) is 14.9. The molecule has 0 aromatic carbocycles. The van der Waals surface area contributed by atoms with Gasteiger partial charge in [0.1, 0.15) is 5.82 Å². The summed E-state index contributed by atoms with van der Waals surface area (Å²) in [6, 6.07) is 5.95. The van der Waals surface area contributed by atoms with Crippen molar-refractivity contribution in [3.63, 3.8) is 0 Å². The van der Waals surface area contributed by atoms with E-state index in [0.717, 1.165) is 81.1 Å². The van der Waals surface area contributed by atoms with E-state index >= 15 is 0 Å². The van der Waals surface area contributed by atoms with Gasteiger partial charge in [-0.15, -0.1) is 0 Å². The van der Waals surface area contributed by atoms with E-state index in [1.165, 1.54) is 7.11 Å². The van der Waals surface area contributed by atoms with Gasteiger partial charge in [-0.25, -0.2) is 15.0 Å². The standard InChI is InChI=1S/C30H43N7O2/c1-5-26(11-8-6-7-10-24-15-20-37(21-16-24)23-29(38)39-4)34-30-32-18-14-27(35-30)25-12-13-28(33-22-25)36(3)19-9-17-31-2/h5-6,8,11-14,18,22,24,31H,1,7,9-10,15-17,19-21,23H2,2-4H3,(H,32,34,35)/b8-6-,26-11+. The van der Waals surface area contributed by atoms with E-state index < -0.39 is 0 Å². The van der Waals surface area contributed by atoms with Crippen molar-refractivity contribution in [2.24, 2.45) is 5.92 Å². The number of likely N-dealkylation sites (tertiary alicyclic amines) is 1. The molecule has 39 heavy (non-hydrogen) atoms. The van der Waals surface area contributed by atoms with Crippen LogP contribution in [0.1, 0.15) is 32.1 Å². The molecule has 2 aromatic rings. The lowest BCUT2D eigenvalue weighted by molar-refractivity contribution is -0.142. The number of anilines is 2. The number of piperidine rings is 1. The van der Waals surface area contributed by atoms with Crippen LogP contribution < -0.4 is 15.5 Å². The first-order valence-corrected chi connectivity index (χ1v) is 13.7. The molecule has 0 bridgehead atoms. The Morgan fingerprint density at radius 2 is 2.08 bits per heavy atom. The molecule has 2 N–H and O–H groups in total. The largest absolute Gasteiger partial charge is 0.468 e. The average Bonchev–Trinajstić information content (AvgIpc) is 2.97. The molecule has 1 aliphatic heterocycles. The van der Waals surface area contributed by atoms with Crippen molar-refractivity contribution in [3.05, 3.63) is 67.2 Å². The first-order valence-electron chi connectivity index (χ1n) is 13.7. The zero-order valence-electron chi connectivity index (χ0n) is 23.6. The van der Waals surface area contributed by atoms with Crippen LogP contribution in [0.4, 0.5) is 11.8 Å². The Bertz CT molecular complexity index is 1090. The van der Waals surface area contributed by atoms with E-state index in [1.54, 1.807) is 12.3 Å². The van der Waals surface area contributed by atoms with Crippen molar-refractivity contribution >= 4 is 17.7 Å². The summed E-state index contributed by atoms with van der Waals surface area (Å²) in [6.07, 6.45) is 17.1. The number of nitrogens with one attached hydrogen (secondary N) is 2. The minimum atomic E-state index is -0.155. The summed E-state index contributed by atoms with van der Waals surface area (Å²) in [5.74, 6) is 1.99. The highest BCUT2D eigenvalue weighted by molar-refractivity contribution is 5.71. The number of hydrogen-bond acceptors (Lipinski definition) is 9. The van der Waals surface area contributed by atoms with Crippen molar-refractivity contribution in [1.29, 1.82) is 0 Å². The van der Waals surface area contributed by atoms with Crippen LogP contribution in [0.15, 0.2) is 67.2 Å². The van der Waals surface area contributed by atoms with Gasteiger partial charge in [0.25, 0.3) is 0 Å². The van der Waals surface area contributed by atoms with Crippen LogP contribution in [0.25, 0.3) is 11.3 Å². The minimum Gasteiger partial charge on any atom is -0.468 e. The first-order chi connectivity index (χ1) is 19.0. The van der Waals surface area contributed by atoms with Crippen LogP contribution in [0, 0.1) is 5.92 Å². The molecule has 0 aliphatic carbocycles. The summed E-state index contributed by atoms with van der Waals surface area (Å²) in [5.41, 5.74) is 2.57. The van der Waals surface area contributed by atoms with Crippen molar-refractivity contribution in [2.45, 2.75) is 32.1 Å². The van der Waals surface area contributed by atoms with Gasteiger partial charge in [-0.2, -0.15) is 0 Å². The summed E-state index contributed by atoms with van der Waals surface area (Å²) >= 11 is 0. The molecule has 0 unspecified atom stereocenters. The molecule has 0 amide bonds. The van der Waals surface area contributed by atoms with E-state index in [4.69, 9.17) is 4.74 Å². The fourth-order valence-corrected chi connectivity index (χ4v) is 4.52. The van der Waals surface area contributed by atoms with E-state index in [1.807, 2.05) is 37.5 Å². The predicted octanol–water partition coefficient (Wildman–Crippen LogP) is 4.29. The summed E-state index contributed by atoms with van der Waals surface area (Å²) < 4.78 is 4.77. The molecule has 210 valence electrons. The lowest BCUT2D eigenvalue weighted by Gasteiger charge is -2.30. The van der Waals surface area contributed by atoms with Gasteiger partial charge in [-0.1, -0.05) is 18.7 Å². The average molecular weight is 534 g/mol. The fourth-order valence-electron chi connectivity index (χ4n) is 4.52. The first kappa shape index (κ1) is 30.0. The molecule has 1 fully saturated rings. The molecule has 0 atom stereocenters. The zero-order valence-corrected chi connectivity index (χ0v) is 23.6. The molecule has 2 aromatic heterocycles. The quantitative estimate of drug-likeness (QED) is 0.197. The molecule has 1 saturated heterocycles. The van der Waals surface area contributed by atoms with E-state index in [-0.39, 0.29) is 5.97 Å². The third-order valence-corrected chi connectivity index (χ3v) is 6.93. The maximum absolute atomic E-state index is 11.4. The Labute approximate surface area is 233 Å². The number of carbonyl (C=O) groups excluding carboxylic acids is 1. The molecule has 3 rings (SSSR count). The lowest BCUT2D eigenvalue weighted by atomic mass is 9.92. The molecule has 9 nitrogen and oxygen atoms in total. The fraction of sp³-hybridized carbons (Fsp3) is 0.467. The van der Waals surface area contributed by atoms with Crippen LogP contribution >= 0.6 is 0 Å². The third-order valence-electron chi connectivity index (χ3n) is 6.93. The SMILES string of the molecule is C=C/C(=C\C=C/CCC1CCN(CC(=O)OC)CC1)Nc1nccc(-c2ccc(N(C)CCCNC)nc2)n1. The molecule has 9 heteroatoms. The predicted molar refractivity (Wildman–Crippen MR) is 159 cm³/mol. The highest BCUT2D eigenvalue weighted by Gasteiger charge is 2.20. The summed E-state index contributed by atoms with van der Waals surface area (Å²) in [7, 11) is 5.46. The van der Waals surface area contributed by atoms with Gasteiger partial charge < -0.3 is 20.3 Å². The summed E-state index contributed by atoms with van der Waals surface area (Å²) in [4.78, 5) is 29.4. The van der Waals surface area contributed by atoms with Crippen molar-refractivity contribution in [3.8, 4) is 11.3 Å². The number of pyridine rings is 1. The zero-order chi connectivity index (χ0) is 27.9. The Morgan fingerprint density at radius 1 is 1.26 bits per heavy atom. The Kier molecular flexibility index (Phi) is 12.6. The smallest absolute Gasteiger partial charge is 0.319 e. The van der Waals surface area contributed by atoms with E-state index in [2.05, 4.69) is 61.2 Å². The third kappa shape index (κ3) is 10.3. The van der Waals surface area contributed by atoms with Gasteiger partial charge in [0.05, 0.1) is 19.3 Å². The second kappa shape index (κ2) is 16.4. The number of methoxy groups -OCH3 is 1. The van der Waals surface area contributed by atoms with Crippen molar-refractivity contribution in [2.75, 3.05) is 64.1 Å². The van der Waals surface area contributed by atoms with Crippen LogP contribution in [-0.2, 0) is 9.53 Å². The topological polar surface area (TPSA) is 95.5 Å².